The van der Waals surface area contributed by atoms with Gasteiger partial charge in [-0.15, -0.1) is 5.10 Å². The second-order valence-electron chi connectivity index (χ2n) is 8.13. The molecular formula is C21H24N6OS. The summed E-state index contributed by atoms with van der Waals surface area (Å²) in [5.74, 6) is 1.14. The average molecular weight is 409 g/mol. The predicted molar refractivity (Wildman–Crippen MR) is 110 cm³/mol. The molecule has 3 atom stereocenters. The molecule has 1 N–H and O–H groups in total. The van der Waals surface area contributed by atoms with E-state index in [9.17, 15) is 4.79 Å². The third-order valence-corrected chi connectivity index (χ3v) is 6.88. The number of benzene rings is 1. The number of piperidine rings is 1. The maximum absolute atomic E-state index is 12.8. The van der Waals surface area contributed by atoms with Crippen LogP contribution in [0.2, 0.25) is 0 Å². The van der Waals surface area contributed by atoms with E-state index >= 15 is 0 Å². The fourth-order valence-corrected chi connectivity index (χ4v) is 5.42. The second-order valence-corrected chi connectivity index (χ2v) is 8.91. The molecule has 3 heterocycles. The van der Waals surface area contributed by atoms with Crippen LogP contribution in [0.4, 0.5) is 0 Å². The molecule has 2 aromatic heterocycles. The van der Waals surface area contributed by atoms with Crippen LogP contribution >= 0.6 is 11.3 Å². The van der Waals surface area contributed by atoms with Gasteiger partial charge in [0.05, 0.1) is 6.54 Å². The smallest absolute Gasteiger partial charge is 0.251 e. The van der Waals surface area contributed by atoms with E-state index in [2.05, 4.69) is 42.6 Å². The summed E-state index contributed by atoms with van der Waals surface area (Å²) < 4.78 is 1.66. The highest BCUT2D eigenvalue weighted by molar-refractivity contribution is 7.07. The van der Waals surface area contributed by atoms with Gasteiger partial charge in [-0.25, -0.2) is 4.68 Å². The quantitative estimate of drug-likeness (QED) is 0.678. The lowest BCUT2D eigenvalue weighted by atomic mass is 9.91. The van der Waals surface area contributed by atoms with Crippen LogP contribution in [-0.2, 0) is 13.1 Å². The number of amides is 1. The van der Waals surface area contributed by atoms with E-state index in [1.165, 1.54) is 18.4 Å². The molecule has 1 amide bonds. The zero-order valence-electron chi connectivity index (χ0n) is 16.1. The van der Waals surface area contributed by atoms with Gasteiger partial charge < -0.3 is 5.32 Å². The Hall–Kier alpha value is -2.58. The molecule has 2 fully saturated rings. The molecule has 5 rings (SSSR count). The predicted octanol–water partition coefficient (Wildman–Crippen LogP) is 2.42. The van der Waals surface area contributed by atoms with Gasteiger partial charge in [-0.3, -0.25) is 9.69 Å². The van der Waals surface area contributed by atoms with Crippen LogP contribution in [0.15, 0.2) is 47.4 Å². The third-order valence-electron chi connectivity index (χ3n) is 6.15. The highest BCUT2D eigenvalue weighted by Crippen LogP contribution is 2.37. The first-order valence-electron chi connectivity index (χ1n) is 10.1. The van der Waals surface area contributed by atoms with E-state index < -0.39 is 0 Å². The Morgan fingerprint density at radius 1 is 1.07 bits per heavy atom. The van der Waals surface area contributed by atoms with Crippen molar-refractivity contribution < 1.29 is 4.79 Å². The first-order chi connectivity index (χ1) is 14.2. The van der Waals surface area contributed by atoms with Crippen molar-refractivity contribution in [2.75, 3.05) is 13.1 Å². The molecule has 7 nitrogen and oxygen atoms in total. The second kappa shape index (κ2) is 8.04. The first kappa shape index (κ1) is 18.4. The molecule has 8 heteroatoms. The molecule has 1 aliphatic heterocycles. The number of nitrogens with zero attached hydrogens (tertiary/aromatic N) is 5. The summed E-state index contributed by atoms with van der Waals surface area (Å²) in [5, 5.41) is 18.9. The van der Waals surface area contributed by atoms with Crippen molar-refractivity contribution in [3.8, 4) is 0 Å². The molecular weight excluding hydrogens is 384 g/mol. The van der Waals surface area contributed by atoms with E-state index in [1.807, 2.05) is 24.3 Å². The Morgan fingerprint density at radius 3 is 2.52 bits per heavy atom. The van der Waals surface area contributed by atoms with Gasteiger partial charge in [0, 0.05) is 31.2 Å². The van der Waals surface area contributed by atoms with Crippen molar-refractivity contribution in [1.29, 1.82) is 0 Å². The lowest BCUT2D eigenvalue weighted by molar-refractivity contribution is 0.0825. The Labute approximate surface area is 173 Å². The van der Waals surface area contributed by atoms with Gasteiger partial charge in [0.25, 0.3) is 5.91 Å². The Balaban J connectivity index is 1.19. The maximum Gasteiger partial charge on any atom is 0.251 e. The van der Waals surface area contributed by atoms with Crippen LogP contribution in [0.25, 0.3) is 0 Å². The van der Waals surface area contributed by atoms with E-state index in [0.29, 0.717) is 30.0 Å². The number of rotatable bonds is 6. The van der Waals surface area contributed by atoms with Crippen LogP contribution in [0.5, 0.6) is 0 Å². The fourth-order valence-electron chi connectivity index (χ4n) is 4.76. The first-order valence-corrected chi connectivity index (χ1v) is 11.0. The van der Waals surface area contributed by atoms with Gasteiger partial charge in [-0.05, 0) is 75.2 Å². The highest BCUT2D eigenvalue weighted by Gasteiger charge is 2.42. The summed E-state index contributed by atoms with van der Waals surface area (Å²) >= 11 is 1.76. The van der Waals surface area contributed by atoms with Crippen LogP contribution in [0, 0.1) is 11.8 Å². The average Bonchev–Trinajstić information content (AvgIpc) is 3.46. The molecule has 1 saturated carbocycles. The minimum Gasteiger partial charge on any atom is -0.349 e. The van der Waals surface area contributed by atoms with Crippen molar-refractivity contribution in [2.24, 2.45) is 11.8 Å². The van der Waals surface area contributed by atoms with Gasteiger partial charge in [-0.1, -0.05) is 12.1 Å². The summed E-state index contributed by atoms with van der Waals surface area (Å²) in [5.41, 5.74) is 3.18. The van der Waals surface area contributed by atoms with E-state index in [0.717, 1.165) is 25.2 Å². The van der Waals surface area contributed by atoms with Crippen molar-refractivity contribution in [2.45, 2.75) is 32.0 Å². The summed E-state index contributed by atoms with van der Waals surface area (Å²) in [6.07, 6.45) is 4.00. The molecule has 29 heavy (non-hydrogen) atoms. The molecule has 0 radical (unpaired) electrons. The van der Waals surface area contributed by atoms with Crippen LogP contribution in [0.1, 0.15) is 34.3 Å². The fraction of sp³-hybridized carbons (Fsp3) is 0.429. The number of carbonyl (C=O) groups excluding carboxylic acids is 1. The zero-order chi connectivity index (χ0) is 19.6. The molecule has 150 valence electrons. The third kappa shape index (κ3) is 4.09. The van der Waals surface area contributed by atoms with Crippen molar-refractivity contribution in [3.63, 3.8) is 0 Å². The zero-order valence-corrected chi connectivity index (χ0v) is 17.0. The van der Waals surface area contributed by atoms with Gasteiger partial charge in [0.15, 0.2) is 0 Å². The monoisotopic (exact) mass is 408 g/mol. The van der Waals surface area contributed by atoms with Crippen molar-refractivity contribution >= 4 is 17.2 Å². The maximum atomic E-state index is 12.8. The summed E-state index contributed by atoms with van der Waals surface area (Å²) in [7, 11) is 0. The van der Waals surface area contributed by atoms with Crippen LogP contribution < -0.4 is 5.32 Å². The number of carbonyl (C=O) groups is 1. The molecule has 1 aliphatic carbocycles. The number of tetrazole rings is 1. The lowest BCUT2D eigenvalue weighted by Crippen LogP contribution is -2.52. The standard InChI is InChI=1S/C21H24N6OS/c28-21(17-3-1-15(2-4-17)10-27-14-22-24-25-27)23-20-18-5-6-19(20)12-26(11-18)9-16-7-8-29-13-16/h1-4,7-8,13-14,18-20H,5-6,9-12H2,(H,23,28)/t18-,19+,20?. The highest BCUT2D eigenvalue weighted by atomic mass is 32.1. The van der Waals surface area contributed by atoms with Crippen molar-refractivity contribution in [1.82, 2.24) is 30.4 Å². The summed E-state index contributed by atoms with van der Waals surface area (Å²) in [6.45, 7) is 3.77. The molecule has 1 aromatic carbocycles. The van der Waals surface area contributed by atoms with Gasteiger partial charge in [-0.2, -0.15) is 11.3 Å². The largest absolute Gasteiger partial charge is 0.349 e. The number of thiophene rings is 1. The number of fused-ring (bicyclic) bond motifs is 2. The van der Waals surface area contributed by atoms with Crippen LogP contribution in [0.3, 0.4) is 0 Å². The van der Waals surface area contributed by atoms with E-state index in [-0.39, 0.29) is 5.91 Å². The number of hydrogen-bond donors (Lipinski definition) is 1. The molecule has 2 aliphatic rings. The number of aromatic nitrogens is 4. The molecule has 0 spiro atoms. The van der Waals surface area contributed by atoms with E-state index in [1.54, 1.807) is 22.3 Å². The SMILES string of the molecule is O=C(NC1[C@@H]2CC[C@H]1CN(Cc1ccsc1)C2)c1ccc(Cn2cnnn2)cc1. The normalized spacial score (nSPS) is 23.9. The minimum atomic E-state index is 0.0344. The molecule has 3 aromatic rings. The topological polar surface area (TPSA) is 75.9 Å². The molecule has 1 saturated heterocycles. The Bertz CT molecular complexity index is 926. The van der Waals surface area contributed by atoms with Gasteiger partial charge in [0.2, 0.25) is 0 Å². The Morgan fingerprint density at radius 2 is 1.86 bits per heavy atom. The van der Waals surface area contributed by atoms with E-state index in [4.69, 9.17) is 0 Å². The van der Waals surface area contributed by atoms with Crippen LogP contribution in [-0.4, -0.2) is 50.1 Å². The molecule has 2 bridgehead atoms. The number of nitrogens with one attached hydrogen (secondary N) is 1. The Kier molecular flexibility index (Phi) is 5.12. The summed E-state index contributed by atoms with van der Waals surface area (Å²) in [6, 6.07) is 10.2. The number of hydrogen-bond acceptors (Lipinski definition) is 6. The minimum absolute atomic E-state index is 0.0344. The molecule has 1 unspecified atom stereocenters. The lowest BCUT2D eigenvalue weighted by Gasteiger charge is -2.38. The number of likely N-dealkylation sites (tertiary alicyclic amines) is 1. The van der Waals surface area contributed by atoms with Gasteiger partial charge in [0.1, 0.15) is 6.33 Å². The summed E-state index contributed by atoms with van der Waals surface area (Å²) in [4.78, 5) is 15.4. The van der Waals surface area contributed by atoms with Gasteiger partial charge >= 0.3 is 0 Å². The van der Waals surface area contributed by atoms with Crippen molar-refractivity contribution in [3.05, 3.63) is 64.1 Å².